The largest absolute Gasteiger partial charge is 0.372 e. The molecule has 1 aliphatic heterocycles. The first-order valence-electron chi connectivity index (χ1n) is 9.70. The van der Waals surface area contributed by atoms with Gasteiger partial charge in [-0.3, -0.25) is 4.99 Å². The number of rotatable bonds is 15. The van der Waals surface area contributed by atoms with Crippen molar-refractivity contribution in [3.63, 3.8) is 0 Å². The number of hydrogen-bond acceptors (Lipinski definition) is 2. The van der Waals surface area contributed by atoms with Crippen LogP contribution >= 0.6 is 0 Å². The van der Waals surface area contributed by atoms with Gasteiger partial charge < -0.3 is 5.32 Å². The lowest BCUT2D eigenvalue weighted by atomic mass is 10.0. The van der Waals surface area contributed by atoms with Gasteiger partial charge >= 0.3 is 0 Å². The Bertz CT molecular complexity index is 248. The van der Waals surface area contributed by atoms with E-state index in [1.807, 2.05) is 0 Å². The summed E-state index contributed by atoms with van der Waals surface area (Å²) in [6.07, 6.45) is 21.3. The van der Waals surface area contributed by atoms with Crippen LogP contribution < -0.4 is 5.32 Å². The Morgan fingerprint density at radius 3 is 1.62 bits per heavy atom. The minimum absolute atomic E-state index is 0.994. The summed E-state index contributed by atoms with van der Waals surface area (Å²) in [6, 6.07) is 0. The molecule has 1 N–H and O–H groups in total. The molecule has 1 aliphatic rings. The molecule has 21 heavy (non-hydrogen) atoms. The summed E-state index contributed by atoms with van der Waals surface area (Å²) in [5.74, 6) is 1.26. The van der Waals surface area contributed by atoms with Crippen molar-refractivity contribution in [2.24, 2.45) is 4.99 Å². The molecule has 0 saturated carbocycles. The number of hydrogen-bond donors (Lipinski definition) is 1. The summed E-state index contributed by atoms with van der Waals surface area (Å²) in [7, 11) is 0. The second-order valence-electron chi connectivity index (χ2n) is 6.60. The lowest BCUT2D eigenvalue weighted by Gasteiger charge is -2.04. The highest BCUT2D eigenvalue weighted by Gasteiger charge is 2.03. The topological polar surface area (TPSA) is 24.4 Å². The van der Waals surface area contributed by atoms with Gasteiger partial charge in [-0.1, -0.05) is 90.4 Å². The van der Waals surface area contributed by atoms with Gasteiger partial charge in [0.05, 0.1) is 12.4 Å². The number of aliphatic imine (C=N–C) groups is 1. The fourth-order valence-corrected chi connectivity index (χ4v) is 3.10. The number of amidine groups is 1. The van der Waals surface area contributed by atoms with Crippen molar-refractivity contribution in [2.45, 2.75) is 103 Å². The molecule has 0 spiro atoms. The average Bonchev–Trinajstić information content (AvgIpc) is 3.01. The van der Waals surface area contributed by atoms with E-state index in [9.17, 15) is 0 Å². The van der Waals surface area contributed by atoms with Gasteiger partial charge in [-0.2, -0.15) is 0 Å². The summed E-state index contributed by atoms with van der Waals surface area (Å²) in [5.41, 5.74) is 0. The monoisotopic (exact) mass is 294 g/mol. The third-order valence-electron chi connectivity index (χ3n) is 4.51. The zero-order chi connectivity index (χ0) is 15.0. The second-order valence-corrected chi connectivity index (χ2v) is 6.60. The zero-order valence-electron chi connectivity index (χ0n) is 14.5. The van der Waals surface area contributed by atoms with E-state index in [1.165, 1.54) is 102 Å². The molecule has 1 rings (SSSR count). The number of unbranched alkanes of at least 4 members (excludes halogenated alkanes) is 13. The van der Waals surface area contributed by atoms with Gasteiger partial charge in [0.25, 0.3) is 0 Å². The molecule has 0 unspecified atom stereocenters. The highest BCUT2D eigenvalue weighted by atomic mass is 15.1. The van der Waals surface area contributed by atoms with Crippen LogP contribution in [0.5, 0.6) is 0 Å². The lowest BCUT2D eigenvalue weighted by Crippen LogP contribution is -2.17. The van der Waals surface area contributed by atoms with Crippen molar-refractivity contribution in [2.75, 3.05) is 13.1 Å². The van der Waals surface area contributed by atoms with Gasteiger partial charge in [0.1, 0.15) is 0 Å². The van der Waals surface area contributed by atoms with Crippen LogP contribution in [0.3, 0.4) is 0 Å². The van der Waals surface area contributed by atoms with Gasteiger partial charge in [0.15, 0.2) is 0 Å². The fraction of sp³-hybridized carbons (Fsp3) is 0.947. The molecule has 0 radical (unpaired) electrons. The van der Waals surface area contributed by atoms with Crippen molar-refractivity contribution >= 4 is 5.84 Å². The minimum Gasteiger partial charge on any atom is -0.372 e. The van der Waals surface area contributed by atoms with Crippen molar-refractivity contribution in [1.29, 1.82) is 0 Å². The van der Waals surface area contributed by atoms with Gasteiger partial charge in [-0.05, 0) is 6.42 Å². The summed E-state index contributed by atoms with van der Waals surface area (Å²) < 4.78 is 0. The lowest BCUT2D eigenvalue weighted by molar-refractivity contribution is 0.536. The Kier molecular flexibility index (Phi) is 12.7. The predicted molar refractivity (Wildman–Crippen MR) is 95.2 cm³/mol. The minimum atomic E-state index is 0.994. The summed E-state index contributed by atoms with van der Waals surface area (Å²) in [6.45, 7) is 4.35. The maximum absolute atomic E-state index is 4.44. The highest BCUT2D eigenvalue weighted by molar-refractivity contribution is 5.83. The standard InChI is InChI=1S/C19H38N2/c1-2-3-4-5-6-7-8-9-10-11-12-13-14-15-16-19-20-17-18-21-19/h2-18H2,1H3,(H,20,21). The molecule has 0 aromatic carbocycles. The van der Waals surface area contributed by atoms with Crippen molar-refractivity contribution in [1.82, 2.24) is 5.32 Å². The first kappa shape index (κ1) is 18.5. The Labute approximate surface area is 133 Å². The molecule has 0 fully saturated rings. The summed E-state index contributed by atoms with van der Waals surface area (Å²) in [5, 5.41) is 3.35. The molecule has 2 heteroatoms. The van der Waals surface area contributed by atoms with Crippen molar-refractivity contribution < 1.29 is 0 Å². The quantitative estimate of drug-likeness (QED) is 0.376. The Hall–Kier alpha value is -0.530. The van der Waals surface area contributed by atoms with Crippen molar-refractivity contribution in [3.05, 3.63) is 0 Å². The molecule has 0 bridgehead atoms. The van der Waals surface area contributed by atoms with Gasteiger partial charge in [0.2, 0.25) is 0 Å². The zero-order valence-corrected chi connectivity index (χ0v) is 14.5. The normalized spacial score (nSPS) is 14.2. The van der Waals surface area contributed by atoms with E-state index in [1.54, 1.807) is 0 Å². The summed E-state index contributed by atoms with van der Waals surface area (Å²) in [4.78, 5) is 4.44. The van der Waals surface area contributed by atoms with Crippen LogP contribution in [0.2, 0.25) is 0 Å². The Morgan fingerprint density at radius 1 is 0.714 bits per heavy atom. The molecular formula is C19H38N2. The molecule has 0 amide bonds. The van der Waals surface area contributed by atoms with E-state index >= 15 is 0 Å². The third-order valence-corrected chi connectivity index (χ3v) is 4.51. The maximum atomic E-state index is 4.44. The van der Waals surface area contributed by atoms with E-state index in [0.29, 0.717) is 0 Å². The van der Waals surface area contributed by atoms with Crippen LogP contribution in [0.1, 0.15) is 103 Å². The molecule has 1 heterocycles. The smallest absolute Gasteiger partial charge is 0.0964 e. The Balaban J connectivity index is 1.67. The number of nitrogens with one attached hydrogen (secondary N) is 1. The molecular weight excluding hydrogens is 256 g/mol. The first-order chi connectivity index (χ1) is 10.4. The van der Waals surface area contributed by atoms with Crippen LogP contribution in [0.15, 0.2) is 4.99 Å². The van der Waals surface area contributed by atoms with Crippen LogP contribution in [0.25, 0.3) is 0 Å². The first-order valence-corrected chi connectivity index (χ1v) is 9.70. The van der Waals surface area contributed by atoms with Crippen LogP contribution in [-0.4, -0.2) is 18.9 Å². The van der Waals surface area contributed by atoms with E-state index in [2.05, 4.69) is 17.2 Å². The molecule has 0 aromatic heterocycles. The van der Waals surface area contributed by atoms with Crippen LogP contribution in [0, 0.1) is 0 Å². The average molecular weight is 295 g/mol. The highest BCUT2D eigenvalue weighted by Crippen LogP contribution is 2.13. The summed E-state index contributed by atoms with van der Waals surface area (Å²) >= 11 is 0. The molecule has 0 aliphatic carbocycles. The number of nitrogens with zero attached hydrogens (tertiary/aromatic N) is 1. The molecule has 124 valence electrons. The van der Waals surface area contributed by atoms with Crippen molar-refractivity contribution in [3.8, 4) is 0 Å². The molecule has 2 nitrogen and oxygen atoms in total. The molecule has 0 atom stereocenters. The van der Waals surface area contributed by atoms with Gasteiger partial charge in [0, 0.05) is 13.0 Å². The second kappa shape index (κ2) is 14.4. The molecule has 0 saturated heterocycles. The maximum Gasteiger partial charge on any atom is 0.0964 e. The SMILES string of the molecule is CCCCCCCCCCCCCCCCC1=NCCN1. The van der Waals surface area contributed by atoms with E-state index in [4.69, 9.17) is 0 Å². The van der Waals surface area contributed by atoms with Gasteiger partial charge in [-0.25, -0.2) is 0 Å². The predicted octanol–water partition coefficient (Wildman–Crippen LogP) is 5.86. The van der Waals surface area contributed by atoms with Crippen LogP contribution in [-0.2, 0) is 0 Å². The van der Waals surface area contributed by atoms with E-state index in [-0.39, 0.29) is 0 Å². The fourth-order valence-electron chi connectivity index (χ4n) is 3.10. The van der Waals surface area contributed by atoms with Gasteiger partial charge in [-0.15, -0.1) is 0 Å². The van der Waals surface area contributed by atoms with E-state index < -0.39 is 0 Å². The van der Waals surface area contributed by atoms with E-state index in [0.717, 1.165) is 13.1 Å². The third kappa shape index (κ3) is 11.8. The van der Waals surface area contributed by atoms with Crippen LogP contribution in [0.4, 0.5) is 0 Å². The Morgan fingerprint density at radius 2 is 1.19 bits per heavy atom. The molecule has 0 aromatic rings.